The van der Waals surface area contributed by atoms with Crippen molar-refractivity contribution in [2.24, 2.45) is 7.05 Å². The van der Waals surface area contributed by atoms with Crippen LogP contribution in [0.4, 0.5) is 0 Å². The van der Waals surface area contributed by atoms with Crippen molar-refractivity contribution in [3.63, 3.8) is 0 Å². The maximum absolute atomic E-state index is 13.4. The van der Waals surface area contributed by atoms with Crippen LogP contribution in [-0.4, -0.2) is 36.2 Å². The summed E-state index contributed by atoms with van der Waals surface area (Å²) in [4.78, 5) is 15.6. The fraction of sp³-hybridized carbons (Fsp3) is 0.233. The van der Waals surface area contributed by atoms with Crippen molar-refractivity contribution < 1.29 is 23.7 Å². The number of hydrogen-bond acceptors (Lipinski definition) is 6. The number of ether oxygens (including phenoxy) is 4. The maximum Gasteiger partial charge on any atom is 0.231 e. The average molecular weight is 497 g/mol. The van der Waals surface area contributed by atoms with Gasteiger partial charge in [0.05, 0.1) is 19.8 Å². The van der Waals surface area contributed by atoms with Gasteiger partial charge < -0.3 is 23.5 Å². The summed E-state index contributed by atoms with van der Waals surface area (Å²) in [5, 5.41) is 1.08. The van der Waals surface area contributed by atoms with Gasteiger partial charge in [-0.05, 0) is 42.8 Å². The molecule has 0 amide bonds. The van der Waals surface area contributed by atoms with E-state index >= 15 is 0 Å². The van der Waals surface area contributed by atoms with E-state index in [0.29, 0.717) is 48.4 Å². The van der Waals surface area contributed by atoms with E-state index in [0.717, 1.165) is 38.9 Å². The average Bonchev–Trinajstić information content (AvgIpc) is 3.40. The number of rotatable bonds is 5. The lowest BCUT2D eigenvalue weighted by atomic mass is 9.99. The quantitative estimate of drug-likeness (QED) is 0.342. The van der Waals surface area contributed by atoms with E-state index in [1.807, 2.05) is 62.6 Å². The SMILES string of the molecule is COc1ccc(CN2COc3c(cc4c(c3C)O/C(=C\c3cn(C)c5ccccc35)C4=O)C2)cc1OC. The van der Waals surface area contributed by atoms with Gasteiger partial charge in [-0.15, -0.1) is 0 Å². The predicted molar refractivity (Wildman–Crippen MR) is 141 cm³/mol. The second-order valence-corrected chi connectivity index (χ2v) is 9.47. The minimum Gasteiger partial charge on any atom is -0.493 e. The molecule has 3 heterocycles. The fourth-order valence-corrected chi connectivity index (χ4v) is 5.26. The van der Waals surface area contributed by atoms with Gasteiger partial charge in [-0.25, -0.2) is 0 Å². The van der Waals surface area contributed by atoms with E-state index < -0.39 is 0 Å². The van der Waals surface area contributed by atoms with Crippen LogP contribution in [0.5, 0.6) is 23.0 Å². The van der Waals surface area contributed by atoms with Crippen molar-refractivity contribution in [1.82, 2.24) is 9.47 Å². The van der Waals surface area contributed by atoms with Crippen LogP contribution in [0, 0.1) is 6.92 Å². The summed E-state index contributed by atoms with van der Waals surface area (Å²) in [6.07, 6.45) is 3.86. The molecule has 7 nitrogen and oxygen atoms in total. The molecule has 2 aliphatic rings. The zero-order valence-corrected chi connectivity index (χ0v) is 21.3. The highest BCUT2D eigenvalue weighted by atomic mass is 16.5. The van der Waals surface area contributed by atoms with Gasteiger partial charge in [-0.3, -0.25) is 9.69 Å². The van der Waals surface area contributed by atoms with Crippen molar-refractivity contribution in [3.8, 4) is 23.0 Å². The van der Waals surface area contributed by atoms with Crippen molar-refractivity contribution in [3.05, 3.63) is 88.3 Å². The van der Waals surface area contributed by atoms with Gasteiger partial charge in [0.2, 0.25) is 5.78 Å². The second kappa shape index (κ2) is 9.01. The topological polar surface area (TPSA) is 62.2 Å². The van der Waals surface area contributed by atoms with E-state index in [4.69, 9.17) is 18.9 Å². The summed E-state index contributed by atoms with van der Waals surface area (Å²) < 4.78 is 25.2. The van der Waals surface area contributed by atoms with Gasteiger partial charge >= 0.3 is 0 Å². The van der Waals surface area contributed by atoms with Crippen LogP contribution in [-0.2, 0) is 20.1 Å². The van der Waals surface area contributed by atoms with Crippen LogP contribution < -0.4 is 18.9 Å². The van der Waals surface area contributed by atoms with Gasteiger partial charge in [0.15, 0.2) is 17.3 Å². The Morgan fingerprint density at radius 2 is 1.84 bits per heavy atom. The lowest BCUT2D eigenvalue weighted by Crippen LogP contribution is -2.32. The largest absolute Gasteiger partial charge is 0.493 e. The highest BCUT2D eigenvalue weighted by Crippen LogP contribution is 2.43. The number of allylic oxidation sites excluding steroid dienone is 1. The summed E-state index contributed by atoms with van der Waals surface area (Å²) >= 11 is 0. The molecule has 3 aromatic carbocycles. The number of aromatic nitrogens is 1. The molecular weight excluding hydrogens is 468 g/mol. The predicted octanol–water partition coefficient (Wildman–Crippen LogP) is 5.47. The molecule has 0 unspecified atom stereocenters. The molecule has 1 aromatic heterocycles. The first kappa shape index (κ1) is 23.2. The Bertz CT molecular complexity index is 1580. The van der Waals surface area contributed by atoms with Gasteiger partial charge in [0.1, 0.15) is 18.2 Å². The minimum absolute atomic E-state index is 0.106. The molecule has 4 aromatic rings. The number of benzene rings is 3. The van der Waals surface area contributed by atoms with Crippen LogP contribution in [0.3, 0.4) is 0 Å². The zero-order chi connectivity index (χ0) is 25.7. The van der Waals surface area contributed by atoms with Crippen LogP contribution in [0.15, 0.2) is 60.5 Å². The third-order valence-electron chi connectivity index (χ3n) is 7.07. The number of Topliss-reactive ketones (excluding diaryl/α,β-unsaturated/α-hetero) is 1. The lowest BCUT2D eigenvalue weighted by Gasteiger charge is -2.30. The second-order valence-electron chi connectivity index (χ2n) is 9.47. The summed E-state index contributed by atoms with van der Waals surface area (Å²) in [6.45, 7) is 3.73. The molecule has 0 radical (unpaired) electrons. The van der Waals surface area contributed by atoms with Crippen molar-refractivity contribution >= 4 is 22.8 Å². The van der Waals surface area contributed by atoms with Crippen LogP contribution in [0.1, 0.15) is 32.6 Å². The monoisotopic (exact) mass is 496 g/mol. The van der Waals surface area contributed by atoms with E-state index in [-0.39, 0.29) is 5.78 Å². The first-order chi connectivity index (χ1) is 18.0. The molecule has 37 heavy (non-hydrogen) atoms. The minimum atomic E-state index is -0.106. The van der Waals surface area contributed by atoms with Crippen molar-refractivity contribution in [2.75, 3.05) is 21.0 Å². The van der Waals surface area contributed by atoms with E-state index in [2.05, 4.69) is 21.6 Å². The molecule has 0 N–H and O–H groups in total. The molecule has 7 heteroatoms. The first-order valence-corrected chi connectivity index (χ1v) is 12.2. The lowest BCUT2D eigenvalue weighted by molar-refractivity contribution is 0.0876. The molecule has 0 fully saturated rings. The highest BCUT2D eigenvalue weighted by Gasteiger charge is 2.34. The molecule has 0 spiro atoms. The molecule has 0 bridgehead atoms. The number of carbonyl (C=O) groups is 1. The molecule has 6 rings (SSSR count). The molecule has 188 valence electrons. The Morgan fingerprint density at radius 3 is 2.65 bits per heavy atom. The summed E-state index contributed by atoms with van der Waals surface area (Å²) in [7, 11) is 5.26. The normalized spacial score (nSPS) is 15.9. The smallest absolute Gasteiger partial charge is 0.231 e. The molecule has 0 aliphatic carbocycles. The number of carbonyl (C=O) groups excluding carboxylic acids is 1. The van der Waals surface area contributed by atoms with Gasteiger partial charge in [-0.2, -0.15) is 0 Å². The Hall–Kier alpha value is -4.23. The number of hydrogen-bond donors (Lipinski definition) is 0. The molecule has 2 aliphatic heterocycles. The summed E-state index contributed by atoms with van der Waals surface area (Å²) in [5.74, 6) is 3.00. The Kier molecular flexibility index (Phi) is 5.65. The Morgan fingerprint density at radius 1 is 1.03 bits per heavy atom. The van der Waals surface area contributed by atoms with E-state index in [1.165, 1.54) is 0 Å². The van der Waals surface area contributed by atoms with Crippen LogP contribution >= 0.6 is 0 Å². The summed E-state index contributed by atoms with van der Waals surface area (Å²) in [5.41, 5.74) is 5.56. The van der Waals surface area contributed by atoms with E-state index in [9.17, 15) is 4.79 Å². The van der Waals surface area contributed by atoms with Gasteiger partial charge in [0.25, 0.3) is 0 Å². The number of aryl methyl sites for hydroxylation is 1. The molecule has 0 atom stereocenters. The molecular formula is C30H28N2O5. The number of fused-ring (bicyclic) bond motifs is 3. The fourth-order valence-electron chi connectivity index (χ4n) is 5.26. The number of methoxy groups -OCH3 is 2. The first-order valence-electron chi connectivity index (χ1n) is 12.2. The van der Waals surface area contributed by atoms with Crippen molar-refractivity contribution in [1.29, 1.82) is 0 Å². The Labute approximate surface area is 215 Å². The van der Waals surface area contributed by atoms with Gasteiger partial charge in [-0.1, -0.05) is 24.3 Å². The number of ketones is 1. The maximum atomic E-state index is 13.4. The summed E-state index contributed by atoms with van der Waals surface area (Å²) in [6, 6.07) is 15.9. The molecule has 0 saturated carbocycles. The van der Waals surface area contributed by atoms with Gasteiger partial charge in [0, 0.05) is 53.9 Å². The van der Waals surface area contributed by atoms with Crippen molar-refractivity contribution in [2.45, 2.75) is 20.0 Å². The third kappa shape index (κ3) is 3.92. The van der Waals surface area contributed by atoms with E-state index in [1.54, 1.807) is 14.2 Å². The highest BCUT2D eigenvalue weighted by molar-refractivity contribution is 6.15. The molecule has 0 saturated heterocycles. The number of nitrogens with zero attached hydrogens (tertiary/aromatic N) is 2. The van der Waals surface area contributed by atoms with Crippen LogP contribution in [0.25, 0.3) is 17.0 Å². The number of para-hydroxylation sites is 1. The zero-order valence-electron chi connectivity index (χ0n) is 21.3. The standard InChI is InChI=1S/C30H28N2O5/c1-18-29-21(16-32(17-36-29)14-19-9-10-25(34-3)26(11-19)35-4)12-23-28(33)27(37-30(18)23)13-20-15-31(2)24-8-6-5-7-22(20)24/h5-13,15H,14,16-17H2,1-4H3/b27-13-. The Balaban J connectivity index is 1.28. The third-order valence-corrected chi connectivity index (χ3v) is 7.07. The van der Waals surface area contributed by atoms with Crippen LogP contribution in [0.2, 0.25) is 0 Å².